The fourth-order valence-corrected chi connectivity index (χ4v) is 1.44. The molecule has 0 saturated carbocycles. The van der Waals surface area contributed by atoms with Crippen molar-refractivity contribution in [1.82, 2.24) is 14.9 Å². The molecule has 7 heteroatoms. The van der Waals surface area contributed by atoms with Gasteiger partial charge in [0.15, 0.2) is 0 Å². The molecule has 2 heterocycles. The Morgan fingerprint density at radius 3 is 2.88 bits per heavy atom. The predicted molar refractivity (Wildman–Crippen MR) is 57.9 cm³/mol. The van der Waals surface area contributed by atoms with Gasteiger partial charge in [0.2, 0.25) is 0 Å². The lowest BCUT2D eigenvalue weighted by Crippen LogP contribution is -2.45. The van der Waals surface area contributed by atoms with E-state index in [0.29, 0.717) is 13.1 Å². The Labute approximate surface area is 97.9 Å². The number of carbonyl (C=O) groups excluding carboxylic acids is 2. The third-order valence-electron chi connectivity index (χ3n) is 2.60. The number of hydrogen-bond acceptors (Lipinski definition) is 5. The second-order valence-electron chi connectivity index (χ2n) is 3.92. The zero-order valence-corrected chi connectivity index (χ0v) is 9.26. The number of esters is 1. The number of ether oxygens (including phenoxy) is 1. The van der Waals surface area contributed by atoms with Gasteiger partial charge in [0.25, 0.3) is 0 Å². The van der Waals surface area contributed by atoms with Crippen molar-refractivity contribution in [2.24, 2.45) is 5.73 Å². The van der Waals surface area contributed by atoms with Crippen molar-refractivity contribution in [3.63, 3.8) is 0 Å². The van der Waals surface area contributed by atoms with E-state index in [1.807, 2.05) is 0 Å². The van der Waals surface area contributed by atoms with Gasteiger partial charge in [0, 0.05) is 31.4 Å². The summed E-state index contributed by atoms with van der Waals surface area (Å²) in [5.74, 6) is -0.712. The Morgan fingerprint density at radius 2 is 2.35 bits per heavy atom. The van der Waals surface area contributed by atoms with Crippen LogP contribution < -0.4 is 5.73 Å². The van der Waals surface area contributed by atoms with Gasteiger partial charge >= 0.3 is 12.1 Å². The molecule has 1 atom stereocenters. The SMILES string of the molecule is N[C@@H](Cc1cnc[nH]1)C(=O)OC(=O)N1CCC1. The minimum atomic E-state index is -0.860. The Hall–Kier alpha value is -1.89. The second kappa shape index (κ2) is 4.96. The lowest BCUT2D eigenvalue weighted by atomic mass is 10.2. The van der Waals surface area contributed by atoms with E-state index in [-0.39, 0.29) is 6.42 Å². The van der Waals surface area contributed by atoms with E-state index in [2.05, 4.69) is 14.7 Å². The molecule has 0 bridgehead atoms. The largest absolute Gasteiger partial charge is 0.417 e. The van der Waals surface area contributed by atoms with Gasteiger partial charge in [0.1, 0.15) is 6.04 Å². The van der Waals surface area contributed by atoms with E-state index in [1.165, 1.54) is 11.2 Å². The molecule has 1 aliphatic rings. The van der Waals surface area contributed by atoms with Gasteiger partial charge in [-0.2, -0.15) is 0 Å². The number of nitrogens with one attached hydrogen (secondary N) is 1. The van der Waals surface area contributed by atoms with Crippen molar-refractivity contribution in [3.8, 4) is 0 Å². The number of imidazole rings is 1. The summed E-state index contributed by atoms with van der Waals surface area (Å²) in [5.41, 5.74) is 6.35. The first-order valence-corrected chi connectivity index (χ1v) is 5.40. The van der Waals surface area contributed by atoms with Gasteiger partial charge < -0.3 is 20.4 Å². The summed E-state index contributed by atoms with van der Waals surface area (Å²) < 4.78 is 4.65. The molecule has 1 amide bonds. The fraction of sp³-hybridized carbons (Fsp3) is 0.500. The smallest absolute Gasteiger partial charge is 0.375 e. The van der Waals surface area contributed by atoms with Gasteiger partial charge in [-0.3, -0.25) is 0 Å². The van der Waals surface area contributed by atoms with Crippen LogP contribution in [0.25, 0.3) is 0 Å². The molecule has 0 spiro atoms. The van der Waals surface area contributed by atoms with Crippen LogP contribution in [-0.2, 0) is 16.0 Å². The predicted octanol–water partition coefficient (Wildman–Crippen LogP) is -0.352. The Kier molecular flexibility index (Phi) is 3.38. The minimum Gasteiger partial charge on any atom is -0.375 e. The number of aromatic nitrogens is 2. The first kappa shape index (κ1) is 11.6. The molecule has 3 N–H and O–H groups in total. The van der Waals surface area contributed by atoms with Crippen LogP contribution in [0.2, 0.25) is 0 Å². The van der Waals surface area contributed by atoms with Crippen LogP contribution in [0.5, 0.6) is 0 Å². The molecule has 0 aliphatic carbocycles. The van der Waals surface area contributed by atoms with Crippen LogP contribution in [0.3, 0.4) is 0 Å². The van der Waals surface area contributed by atoms with Gasteiger partial charge in [0.05, 0.1) is 6.33 Å². The molecule has 1 aromatic heterocycles. The Bertz CT molecular complexity index is 400. The number of likely N-dealkylation sites (tertiary alicyclic amines) is 1. The number of rotatable bonds is 3. The molecule has 7 nitrogen and oxygen atoms in total. The Balaban J connectivity index is 1.80. The summed E-state index contributed by atoms with van der Waals surface area (Å²) in [6.45, 7) is 1.28. The summed E-state index contributed by atoms with van der Waals surface area (Å²) in [6, 6.07) is -0.860. The first-order valence-electron chi connectivity index (χ1n) is 5.40. The van der Waals surface area contributed by atoms with Crippen molar-refractivity contribution in [2.45, 2.75) is 18.9 Å². The maximum absolute atomic E-state index is 11.5. The lowest BCUT2D eigenvalue weighted by Gasteiger charge is -2.29. The van der Waals surface area contributed by atoms with Crippen LogP contribution in [0, 0.1) is 0 Å². The van der Waals surface area contributed by atoms with E-state index >= 15 is 0 Å². The molecule has 92 valence electrons. The summed E-state index contributed by atoms with van der Waals surface area (Å²) in [5, 5.41) is 0. The second-order valence-corrected chi connectivity index (χ2v) is 3.92. The summed E-state index contributed by atoms with van der Waals surface area (Å²) in [7, 11) is 0. The number of H-pyrrole nitrogens is 1. The van der Waals surface area contributed by atoms with Gasteiger partial charge in [-0.15, -0.1) is 0 Å². The highest BCUT2D eigenvalue weighted by atomic mass is 16.6. The molecule has 17 heavy (non-hydrogen) atoms. The van der Waals surface area contributed by atoms with Crippen molar-refractivity contribution >= 4 is 12.1 Å². The highest BCUT2D eigenvalue weighted by Crippen LogP contribution is 2.08. The van der Waals surface area contributed by atoms with Gasteiger partial charge in [-0.25, -0.2) is 14.6 Å². The molecule has 1 aromatic rings. The average Bonchev–Trinajstić information content (AvgIpc) is 2.67. The molecular weight excluding hydrogens is 224 g/mol. The molecular formula is C10H14N4O3. The molecule has 2 rings (SSSR count). The van der Waals surface area contributed by atoms with Crippen molar-refractivity contribution in [1.29, 1.82) is 0 Å². The third kappa shape index (κ3) is 2.82. The summed E-state index contributed by atoms with van der Waals surface area (Å²) in [4.78, 5) is 30.9. The summed E-state index contributed by atoms with van der Waals surface area (Å²) in [6.07, 6.45) is 3.68. The standard InChI is InChI=1S/C10H14N4O3/c11-8(4-7-5-12-6-13-7)9(15)17-10(16)14-2-1-3-14/h5-6,8H,1-4,11H2,(H,12,13)/t8-/m0/s1. The van der Waals surface area contributed by atoms with E-state index in [4.69, 9.17) is 5.73 Å². The van der Waals surface area contributed by atoms with Crippen LogP contribution in [0.4, 0.5) is 4.79 Å². The highest BCUT2D eigenvalue weighted by molar-refractivity contribution is 5.87. The topological polar surface area (TPSA) is 101 Å². The normalized spacial score (nSPS) is 16.2. The third-order valence-corrected chi connectivity index (χ3v) is 2.60. The van der Waals surface area contributed by atoms with Crippen LogP contribution in [0.15, 0.2) is 12.5 Å². The number of hydrogen-bond donors (Lipinski definition) is 2. The number of nitrogens with zero attached hydrogens (tertiary/aromatic N) is 2. The van der Waals surface area contributed by atoms with Crippen molar-refractivity contribution < 1.29 is 14.3 Å². The number of aromatic amines is 1. The van der Waals surface area contributed by atoms with Crippen LogP contribution >= 0.6 is 0 Å². The zero-order valence-electron chi connectivity index (χ0n) is 9.26. The molecule has 0 unspecified atom stereocenters. The first-order chi connectivity index (χ1) is 8.16. The lowest BCUT2D eigenvalue weighted by molar-refractivity contribution is -0.140. The molecule has 0 aromatic carbocycles. The average molecular weight is 238 g/mol. The maximum Gasteiger partial charge on any atom is 0.417 e. The van der Waals surface area contributed by atoms with E-state index in [1.54, 1.807) is 6.20 Å². The monoisotopic (exact) mass is 238 g/mol. The zero-order chi connectivity index (χ0) is 12.3. The van der Waals surface area contributed by atoms with E-state index in [0.717, 1.165) is 12.1 Å². The fourth-order valence-electron chi connectivity index (χ4n) is 1.44. The Morgan fingerprint density at radius 1 is 1.59 bits per heavy atom. The highest BCUT2D eigenvalue weighted by Gasteiger charge is 2.26. The minimum absolute atomic E-state index is 0.270. The number of carbonyl (C=O) groups is 2. The van der Waals surface area contributed by atoms with E-state index < -0.39 is 18.1 Å². The number of amides is 1. The van der Waals surface area contributed by atoms with Crippen molar-refractivity contribution in [3.05, 3.63) is 18.2 Å². The molecule has 0 radical (unpaired) electrons. The van der Waals surface area contributed by atoms with E-state index in [9.17, 15) is 9.59 Å². The summed E-state index contributed by atoms with van der Waals surface area (Å²) >= 11 is 0. The molecule has 1 saturated heterocycles. The quantitative estimate of drug-likeness (QED) is 0.553. The van der Waals surface area contributed by atoms with Crippen molar-refractivity contribution in [2.75, 3.05) is 13.1 Å². The number of nitrogens with two attached hydrogens (primary N) is 1. The van der Waals surface area contributed by atoms with Crippen LogP contribution in [0.1, 0.15) is 12.1 Å². The molecule has 1 aliphatic heterocycles. The van der Waals surface area contributed by atoms with Gasteiger partial charge in [-0.05, 0) is 6.42 Å². The van der Waals surface area contributed by atoms with Crippen LogP contribution in [-0.4, -0.2) is 46.1 Å². The molecule has 1 fully saturated rings. The maximum atomic E-state index is 11.5. The van der Waals surface area contributed by atoms with Gasteiger partial charge in [-0.1, -0.05) is 0 Å².